The lowest BCUT2D eigenvalue weighted by Crippen LogP contribution is -2.48. The molecule has 0 radical (unpaired) electrons. The average molecular weight is 457 g/mol. The van der Waals surface area contributed by atoms with Crippen molar-refractivity contribution in [1.29, 1.82) is 0 Å². The van der Waals surface area contributed by atoms with E-state index in [0.717, 1.165) is 18.5 Å². The highest BCUT2D eigenvalue weighted by atomic mass is 16.5. The molecule has 0 N–H and O–H groups in total. The molecule has 2 aliphatic rings. The summed E-state index contributed by atoms with van der Waals surface area (Å²) >= 11 is 0. The molecule has 1 saturated heterocycles. The number of benzene rings is 3. The second kappa shape index (κ2) is 8.86. The maximum Gasteiger partial charge on any atom is 0.262 e. The highest BCUT2D eigenvalue weighted by molar-refractivity contribution is 6.09. The summed E-state index contributed by atoms with van der Waals surface area (Å²) in [5, 5.41) is 0. The number of fused-ring (bicyclic) bond motifs is 2. The van der Waals surface area contributed by atoms with E-state index < -0.39 is 0 Å². The molecule has 0 unspecified atom stereocenters. The van der Waals surface area contributed by atoms with Crippen LogP contribution in [0.25, 0.3) is 0 Å². The number of hydrogen-bond donors (Lipinski definition) is 0. The fraction of sp³-hybridized carbons (Fsp3) is 0.286. The standard InChI is InChI=1S/C28H28N2O4/c1-33-24-13-7-3-9-20(24)26(31)29-17-15-28(16-18-29)19-30(23-12-6-5-11-22(23)28)27(32)21-10-4-8-14-25(21)34-2/h3-14H,15-19H2,1-2H3. The number of likely N-dealkylation sites (tertiary alicyclic amines) is 1. The van der Waals surface area contributed by atoms with E-state index in [1.165, 1.54) is 5.56 Å². The number of amides is 2. The third-order valence-electron chi connectivity index (χ3n) is 7.15. The molecule has 2 amide bonds. The molecule has 0 saturated carbocycles. The minimum absolute atomic E-state index is 0.0134. The van der Waals surface area contributed by atoms with Gasteiger partial charge in [-0.15, -0.1) is 0 Å². The van der Waals surface area contributed by atoms with E-state index in [2.05, 4.69) is 6.07 Å². The van der Waals surface area contributed by atoms with Crippen LogP contribution >= 0.6 is 0 Å². The number of nitrogens with zero attached hydrogens (tertiary/aromatic N) is 2. The van der Waals surface area contributed by atoms with Gasteiger partial charge in [0.2, 0.25) is 0 Å². The van der Waals surface area contributed by atoms with E-state index in [-0.39, 0.29) is 17.2 Å². The van der Waals surface area contributed by atoms with Crippen molar-refractivity contribution >= 4 is 17.5 Å². The first-order valence-corrected chi connectivity index (χ1v) is 11.5. The Morgan fingerprint density at radius 1 is 0.735 bits per heavy atom. The SMILES string of the molecule is COc1ccccc1C(=O)N1CCC2(CC1)CN(C(=O)c1ccccc1OC)c1ccccc12. The Labute approximate surface area is 199 Å². The summed E-state index contributed by atoms with van der Waals surface area (Å²) < 4.78 is 10.8. The first kappa shape index (κ1) is 22.0. The van der Waals surface area contributed by atoms with Gasteiger partial charge in [0.1, 0.15) is 11.5 Å². The van der Waals surface area contributed by atoms with Gasteiger partial charge in [-0.05, 0) is 48.7 Å². The third kappa shape index (κ3) is 3.59. The molecule has 0 aromatic heterocycles. The number of ether oxygens (including phenoxy) is 2. The molecule has 3 aromatic carbocycles. The number of methoxy groups -OCH3 is 2. The van der Waals surface area contributed by atoms with Crippen molar-refractivity contribution in [3.8, 4) is 11.5 Å². The fourth-order valence-corrected chi connectivity index (χ4v) is 5.34. The molecule has 2 aliphatic heterocycles. The van der Waals surface area contributed by atoms with E-state index >= 15 is 0 Å². The normalized spacial score (nSPS) is 16.3. The van der Waals surface area contributed by atoms with Crippen LogP contribution in [-0.2, 0) is 5.41 Å². The van der Waals surface area contributed by atoms with Gasteiger partial charge in [-0.2, -0.15) is 0 Å². The van der Waals surface area contributed by atoms with Gasteiger partial charge in [-0.3, -0.25) is 9.59 Å². The molecule has 174 valence electrons. The summed E-state index contributed by atoms with van der Waals surface area (Å²) in [5.41, 5.74) is 3.10. The highest BCUT2D eigenvalue weighted by Crippen LogP contribution is 2.47. The average Bonchev–Trinajstić information content (AvgIpc) is 3.22. The largest absolute Gasteiger partial charge is 0.496 e. The Balaban J connectivity index is 1.40. The number of anilines is 1. The summed E-state index contributed by atoms with van der Waals surface area (Å²) in [6, 6.07) is 22.8. The Kier molecular flexibility index (Phi) is 5.74. The van der Waals surface area contributed by atoms with Crippen molar-refractivity contribution in [3.05, 3.63) is 89.5 Å². The first-order chi connectivity index (χ1) is 16.6. The minimum atomic E-state index is -0.175. The zero-order valence-electron chi connectivity index (χ0n) is 19.5. The number of piperidine rings is 1. The smallest absolute Gasteiger partial charge is 0.262 e. The summed E-state index contributed by atoms with van der Waals surface area (Å²) in [7, 11) is 3.17. The molecule has 6 nitrogen and oxygen atoms in total. The van der Waals surface area contributed by atoms with Crippen LogP contribution in [0, 0.1) is 0 Å². The number of hydrogen-bond acceptors (Lipinski definition) is 4. The van der Waals surface area contributed by atoms with Crippen molar-refractivity contribution < 1.29 is 19.1 Å². The van der Waals surface area contributed by atoms with Crippen molar-refractivity contribution in [2.75, 3.05) is 38.8 Å². The molecule has 34 heavy (non-hydrogen) atoms. The second-order valence-electron chi connectivity index (χ2n) is 8.88. The minimum Gasteiger partial charge on any atom is -0.496 e. The molecule has 1 fully saturated rings. The molecular formula is C28H28N2O4. The lowest BCUT2D eigenvalue weighted by Gasteiger charge is -2.40. The van der Waals surface area contributed by atoms with E-state index in [0.29, 0.717) is 42.3 Å². The van der Waals surface area contributed by atoms with Gasteiger partial charge >= 0.3 is 0 Å². The topological polar surface area (TPSA) is 59.1 Å². The molecular weight excluding hydrogens is 428 g/mol. The number of rotatable bonds is 4. The van der Waals surface area contributed by atoms with Crippen molar-refractivity contribution in [2.45, 2.75) is 18.3 Å². The summed E-state index contributed by atoms with van der Waals surface area (Å²) in [6.07, 6.45) is 1.58. The zero-order chi connectivity index (χ0) is 23.7. The van der Waals surface area contributed by atoms with Gasteiger partial charge in [0.05, 0.1) is 25.3 Å². The van der Waals surface area contributed by atoms with Crippen molar-refractivity contribution in [2.24, 2.45) is 0 Å². The van der Waals surface area contributed by atoms with Crippen molar-refractivity contribution in [3.63, 3.8) is 0 Å². The van der Waals surface area contributed by atoms with Crippen LogP contribution < -0.4 is 14.4 Å². The molecule has 0 atom stereocenters. The predicted octanol–water partition coefficient (Wildman–Crippen LogP) is 4.54. The van der Waals surface area contributed by atoms with Crippen LogP contribution in [0.4, 0.5) is 5.69 Å². The maximum absolute atomic E-state index is 13.6. The van der Waals surface area contributed by atoms with Crippen LogP contribution in [0.1, 0.15) is 39.1 Å². The Morgan fingerprint density at radius 3 is 1.88 bits per heavy atom. The van der Waals surface area contributed by atoms with E-state index in [9.17, 15) is 9.59 Å². The molecule has 3 aromatic rings. The van der Waals surface area contributed by atoms with Crippen LogP contribution in [-0.4, -0.2) is 50.6 Å². The van der Waals surface area contributed by atoms with Gasteiger partial charge in [0.25, 0.3) is 11.8 Å². The summed E-state index contributed by atoms with van der Waals surface area (Å²) in [4.78, 5) is 30.6. The van der Waals surface area contributed by atoms with E-state index in [1.54, 1.807) is 14.2 Å². The van der Waals surface area contributed by atoms with Gasteiger partial charge in [-0.1, -0.05) is 42.5 Å². The molecule has 6 heteroatoms. The molecule has 1 spiro atoms. The van der Waals surface area contributed by atoms with E-state index in [4.69, 9.17) is 9.47 Å². The molecule has 2 heterocycles. The molecule has 0 aliphatic carbocycles. The highest BCUT2D eigenvalue weighted by Gasteiger charge is 2.47. The van der Waals surface area contributed by atoms with Gasteiger partial charge < -0.3 is 19.3 Å². The van der Waals surface area contributed by atoms with Gasteiger partial charge in [0, 0.05) is 30.7 Å². The fourth-order valence-electron chi connectivity index (χ4n) is 5.34. The van der Waals surface area contributed by atoms with Crippen LogP contribution in [0.15, 0.2) is 72.8 Å². The Hall–Kier alpha value is -3.80. The maximum atomic E-state index is 13.6. The van der Waals surface area contributed by atoms with E-state index in [1.807, 2.05) is 76.5 Å². The van der Waals surface area contributed by atoms with Crippen LogP contribution in [0.5, 0.6) is 11.5 Å². The van der Waals surface area contributed by atoms with Gasteiger partial charge in [-0.25, -0.2) is 0 Å². The zero-order valence-corrected chi connectivity index (χ0v) is 19.5. The Morgan fingerprint density at radius 2 is 1.26 bits per heavy atom. The molecule has 0 bridgehead atoms. The summed E-state index contributed by atoms with van der Waals surface area (Å²) in [5.74, 6) is 1.09. The quantitative estimate of drug-likeness (QED) is 0.579. The lowest BCUT2D eigenvalue weighted by molar-refractivity contribution is 0.0667. The number of para-hydroxylation sites is 3. The second-order valence-corrected chi connectivity index (χ2v) is 8.88. The van der Waals surface area contributed by atoms with Crippen LogP contribution in [0.2, 0.25) is 0 Å². The summed E-state index contributed by atoms with van der Waals surface area (Å²) in [6.45, 7) is 1.85. The predicted molar refractivity (Wildman–Crippen MR) is 131 cm³/mol. The van der Waals surface area contributed by atoms with Crippen molar-refractivity contribution in [1.82, 2.24) is 4.90 Å². The Bertz CT molecular complexity index is 1230. The number of carbonyl (C=O) groups excluding carboxylic acids is 2. The van der Waals surface area contributed by atoms with Gasteiger partial charge in [0.15, 0.2) is 0 Å². The molecule has 5 rings (SSSR count). The van der Waals surface area contributed by atoms with Crippen LogP contribution in [0.3, 0.4) is 0 Å². The monoisotopic (exact) mass is 456 g/mol. The first-order valence-electron chi connectivity index (χ1n) is 11.5. The lowest BCUT2D eigenvalue weighted by atomic mass is 9.74. The third-order valence-corrected chi connectivity index (χ3v) is 7.15. The number of carbonyl (C=O) groups is 2.